The van der Waals surface area contributed by atoms with E-state index in [9.17, 15) is 4.21 Å². The number of guanidine groups is 1. The highest BCUT2D eigenvalue weighted by atomic mass is 32.2. The van der Waals surface area contributed by atoms with Crippen molar-refractivity contribution in [1.82, 2.24) is 10.6 Å². The third kappa shape index (κ3) is 3.36. The van der Waals surface area contributed by atoms with Gasteiger partial charge in [0.25, 0.3) is 0 Å². The maximum Gasteiger partial charge on any atom is 0.191 e. The molecule has 0 radical (unpaired) electrons. The van der Waals surface area contributed by atoms with Gasteiger partial charge in [0.2, 0.25) is 0 Å². The van der Waals surface area contributed by atoms with E-state index in [0.717, 1.165) is 50.4 Å². The van der Waals surface area contributed by atoms with Gasteiger partial charge in [-0.1, -0.05) is 27.2 Å². The lowest BCUT2D eigenvalue weighted by atomic mass is 9.57. The van der Waals surface area contributed by atoms with Crippen molar-refractivity contribution in [2.45, 2.75) is 76.3 Å². The Morgan fingerprint density at radius 3 is 2.79 bits per heavy atom. The number of nitrogens with zero attached hydrogens (tertiary/aromatic N) is 1. The summed E-state index contributed by atoms with van der Waals surface area (Å²) >= 11 is 0. The third-order valence-corrected chi connectivity index (χ3v) is 7.98. The van der Waals surface area contributed by atoms with Crippen molar-refractivity contribution < 1.29 is 8.95 Å². The smallest absolute Gasteiger partial charge is 0.191 e. The fourth-order valence-corrected chi connectivity index (χ4v) is 6.23. The first-order valence-corrected chi connectivity index (χ1v) is 10.8. The summed E-state index contributed by atoms with van der Waals surface area (Å²) in [6.45, 7) is 7.47. The third-order valence-electron chi connectivity index (χ3n) is 6.24. The summed E-state index contributed by atoms with van der Waals surface area (Å²) in [5, 5.41) is 7.59. The standard InChI is InChI=1S/C18H33N3O2S/c1-5-24(22)13-8-6-7-12(11-13)20-17(19-4)21-15-14-9-10-23-16(14)18(15,2)3/h12-16H,5-11H2,1-4H3,(H2,19,20,21). The summed E-state index contributed by atoms with van der Waals surface area (Å²) in [5.74, 6) is 2.26. The number of rotatable bonds is 4. The van der Waals surface area contributed by atoms with Crippen LogP contribution in [-0.2, 0) is 15.5 Å². The topological polar surface area (TPSA) is 62.7 Å². The number of aliphatic imine (C=N–C) groups is 1. The van der Waals surface area contributed by atoms with E-state index in [4.69, 9.17) is 4.74 Å². The van der Waals surface area contributed by atoms with E-state index in [1.165, 1.54) is 0 Å². The molecule has 0 bridgehead atoms. The van der Waals surface area contributed by atoms with Crippen molar-refractivity contribution in [1.29, 1.82) is 0 Å². The predicted molar refractivity (Wildman–Crippen MR) is 99.8 cm³/mol. The molecule has 0 amide bonds. The van der Waals surface area contributed by atoms with Gasteiger partial charge in [-0.25, -0.2) is 0 Å². The minimum Gasteiger partial charge on any atom is -0.377 e. The largest absolute Gasteiger partial charge is 0.377 e. The van der Waals surface area contributed by atoms with E-state index in [1.54, 1.807) is 0 Å². The van der Waals surface area contributed by atoms with E-state index in [-0.39, 0.29) is 5.41 Å². The molecule has 2 aliphatic carbocycles. The van der Waals surface area contributed by atoms with Gasteiger partial charge in [-0.2, -0.15) is 0 Å². The van der Waals surface area contributed by atoms with Crippen LogP contribution in [0.5, 0.6) is 0 Å². The molecule has 0 spiro atoms. The molecule has 24 heavy (non-hydrogen) atoms. The maximum atomic E-state index is 12.1. The Morgan fingerprint density at radius 2 is 2.08 bits per heavy atom. The molecule has 3 fully saturated rings. The molecule has 3 aliphatic rings. The zero-order valence-corrected chi connectivity index (χ0v) is 16.3. The van der Waals surface area contributed by atoms with Crippen molar-refractivity contribution >= 4 is 16.8 Å². The van der Waals surface area contributed by atoms with E-state index in [2.05, 4.69) is 29.5 Å². The summed E-state index contributed by atoms with van der Waals surface area (Å²) in [6, 6.07) is 0.796. The molecular weight excluding hydrogens is 322 g/mol. The second-order valence-corrected chi connectivity index (χ2v) is 10.1. The van der Waals surface area contributed by atoms with Gasteiger partial charge in [0.15, 0.2) is 5.96 Å². The zero-order chi connectivity index (χ0) is 17.3. The van der Waals surface area contributed by atoms with Crippen LogP contribution in [0.1, 0.15) is 52.9 Å². The highest BCUT2D eigenvalue weighted by Crippen LogP contribution is 2.52. The number of hydrogen-bond donors (Lipinski definition) is 2. The van der Waals surface area contributed by atoms with Gasteiger partial charge in [-0.15, -0.1) is 0 Å². The van der Waals surface area contributed by atoms with Crippen molar-refractivity contribution in [2.24, 2.45) is 16.3 Å². The summed E-state index contributed by atoms with van der Waals surface area (Å²) in [5.41, 5.74) is 0.150. The van der Waals surface area contributed by atoms with E-state index in [0.29, 0.717) is 29.4 Å². The Bertz CT molecular complexity index is 508. The predicted octanol–water partition coefficient (Wildman–Crippen LogP) is 2.04. The van der Waals surface area contributed by atoms with Crippen LogP contribution in [0.15, 0.2) is 4.99 Å². The quantitative estimate of drug-likeness (QED) is 0.598. The Morgan fingerprint density at radius 1 is 1.29 bits per heavy atom. The molecule has 0 aromatic heterocycles. The highest BCUT2D eigenvalue weighted by Gasteiger charge is 2.59. The summed E-state index contributed by atoms with van der Waals surface area (Å²) in [4.78, 5) is 4.45. The minimum atomic E-state index is -0.685. The molecule has 1 heterocycles. The lowest BCUT2D eigenvalue weighted by Gasteiger charge is -2.55. The lowest BCUT2D eigenvalue weighted by molar-refractivity contribution is -0.106. The molecule has 0 aromatic carbocycles. The second kappa shape index (κ2) is 7.32. The van der Waals surface area contributed by atoms with Crippen LogP contribution in [0.2, 0.25) is 0 Å². The van der Waals surface area contributed by atoms with Crippen LogP contribution in [0.25, 0.3) is 0 Å². The van der Waals surface area contributed by atoms with Crippen molar-refractivity contribution in [3.8, 4) is 0 Å². The first-order chi connectivity index (χ1) is 11.5. The molecule has 138 valence electrons. The van der Waals surface area contributed by atoms with Crippen LogP contribution < -0.4 is 10.6 Å². The Hall–Kier alpha value is -0.620. The Labute approximate surface area is 148 Å². The van der Waals surface area contributed by atoms with Crippen LogP contribution in [-0.4, -0.2) is 53.0 Å². The van der Waals surface area contributed by atoms with Crippen LogP contribution in [0, 0.1) is 11.3 Å². The monoisotopic (exact) mass is 355 g/mol. The molecular formula is C18H33N3O2S. The molecule has 6 atom stereocenters. The van der Waals surface area contributed by atoms with Crippen molar-refractivity contribution in [3.63, 3.8) is 0 Å². The summed E-state index contributed by atoms with van der Waals surface area (Å²) in [7, 11) is 1.16. The van der Waals surface area contributed by atoms with Gasteiger partial charge in [-0.05, 0) is 25.7 Å². The molecule has 6 unspecified atom stereocenters. The molecule has 0 aromatic rings. The number of fused-ring (bicyclic) bond motifs is 1. The SMILES string of the molecule is CCS(=O)C1CCCC(NC(=NC)NC2C3CCOC3C2(C)C)C1. The molecule has 6 heteroatoms. The van der Waals surface area contributed by atoms with Gasteiger partial charge in [0.05, 0.1) is 6.10 Å². The van der Waals surface area contributed by atoms with Gasteiger partial charge in [-0.3, -0.25) is 9.20 Å². The summed E-state index contributed by atoms with van der Waals surface area (Å²) < 4.78 is 18.0. The molecule has 1 saturated heterocycles. The van der Waals surface area contributed by atoms with E-state index in [1.807, 2.05) is 14.0 Å². The maximum absolute atomic E-state index is 12.1. The lowest BCUT2D eigenvalue weighted by Crippen LogP contribution is -2.68. The first-order valence-electron chi connectivity index (χ1n) is 9.46. The number of ether oxygens (including phenoxy) is 1. The Kier molecular flexibility index (Phi) is 5.55. The molecule has 2 N–H and O–H groups in total. The average molecular weight is 356 g/mol. The highest BCUT2D eigenvalue weighted by molar-refractivity contribution is 7.85. The molecule has 2 saturated carbocycles. The van der Waals surface area contributed by atoms with Crippen LogP contribution in [0.3, 0.4) is 0 Å². The van der Waals surface area contributed by atoms with Crippen LogP contribution >= 0.6 is 0 Å². The normalized spacial score (nSPS) is 39.7. The average Bonchev–Trinajstić information content (AvgIpc) is 3.05. The fraction of sp³-hybridized carbons (Fsp3) is 0.944. The van der Waals surface area contributed by atoms with Crippen molar-refractivity contribution in [3.05, 3.63) is 0 Å². The van der Waals surface area contributed by atoms with E-state index < -0.39 is 10.8 Å². The molecule has 3 rings (SSSR count). The van der Waals surface area contributed by atoms with Gasteiger partial charge >= 0.3 is 0 Å². The fourth-order valence-electron chi connectivity index (χ4n) is 4.88. The summed E-state index contributed by atoms with van der Waals surface area (Å²) in [6.07, 6.45) is 5.91. The molecule has 5 nitrogen and oxygen atoms in total. The Balaban J connectivity index is 1.56. The van der Waals surface area contributed by atoms with Crippen LogP contribution in [0.4, 0.5) is 0 Å². The second-order valence-electron chi connectivity index (χ2n) is 8.06. The van der Waals surface area contributed by atoms with Gasteiger partial charge < -0.3 is 15.4 Å². The minimum absolute atomic E-state index is 0.150. The first kappa shape index (κ1) is 18.2. The van der Waals surface area contributed by atoms with Gasteiger partial charge in [0.1, 0.15) is 0 Å². The number of hydrogen-bond acceptors (Lipinski definition) is 3. The van der Waals surface area contributed by atoms with E-state index >= 15 is 0 Å². The number of nitrogens with one attached hydrogen (secondary N) is 2. The molecule has 1 aliphatic heterocycles. The zero-order valence-electron chi connectivity index (χ0n) is 15.5. The van der Waals surface area contributed by atoms with Gasteiger partial charge in [0, 0.05) is 58.9 Å². The van der Waals surface area contributed by atoms with Crippen molar-refractivity contribution in [2.75, 3.05) is 19.4 Å².